The van der Waals surface area contributed by atoms with E-state index in [2.05, 4.69) is 10.0 Å². The van der Waals surface area contributed by atoms with Gasteiger partial charge in [-0.3, -0.25) is 0 Å². The first-order valence-corrected chi connectivity index (χ1v) is 11.4. The van der Waals surface area contributed by atoms with E-state index in [0.717, 1.165) is 0 Å². The number of amides is 1. The molecule has 6 nitrogen and oxygen atoms in total. The molecule has 1 aliphatic rings. The standard InChI is InChI=1S/C22H35FN2O4S/c1-14(25-30(27)21(5,6)7)17-11-15(23)9-10-18(17)28-16-12-22(8,13-16)24-19(26)29-20(2,3)4/h9-11,14,16,25H,12-13H2,1-8H3,(H,24,26)/t14-,16?,22?,30+/m0/s1. The third kappa shape index (κ3) is 7.03. The molecule has 0 bridgehead atoms. The Labute approximate surface area is 182 Å². The molecule has 1 amide bonds. The van der Waals surface area contributed by atoms with Crippen molar-refractivity contribution in [2.75, 3.05) is 0 Å². The van der Waals surface area contributed by atoms with E-state index in [0.29, 0.717) is 24.2 Å². The van der Waals surface area contributed by atoms with Crippen LogP contribution in [0.1, 0.15) is 79.8 Å². The topological polar surface area (TPSA) is 82.6 Å². The molecule has 0 unspecified atom stereocenters. The largest absolute Gasteiger partial charge is 0.598 e. The van der Waals surface area contributed by atoms with Crippen LogP contribution in [0, 0.1) is 5.82 Å². The van der Waals surface area contributed by atoms with Crippen molar-refractivity contribution in [3.05, 3.63) is 29.6 Å². The van der Waals surface area contributed by atoms with Crippen LogP contribution in [0.5, 0.6) is 5.75 Å². The van der Waals surface area contributed by atoms with Crippen LogP contribution in [0.4, 0.5) is 9.18 Å². The summed E-state index contributed by atoms with van der Waals surface area (Å²) in [5, 5.41) is 2.90. The minimum atomic E-state index is -1.30. The van der Waals surface area contributed by atoms with E-state index in [1.165, 1.54) is 12.1 Å². The van der Waals surface area contributed by atoms with Crippen LogP contribution in [0.25, 0.3) is 0 Å². The maximum atomic E-state index is 13.9. The number of carbonyl (C=O) groups is 1. The van der Waals surface area contributed by atoms with Crippen LogP contribution in [-0.2, 0) is 16.1 Å². The fourth-order valence-corrected chi connectivity index (χ4v) is 4.03. The number of hydrogen-bond donors (Lipinski definition) is 2. The molecule has 0 heterocycles. The molecule has 0 radical (unpaired) electrons. The van der Waals surface area contributed by atoms with Gasteiger partial charge in [0.05, 0.1) is 6.04 Å². The zero-order chi connectivity index (χ0) is 22.9. The third-order valence-electron chi connectivity index (χ3n) is 4.73. The van der Waals surface area contributed by atoms with E-state index < -0.39 is 33.3 Å². The lowest BCUT2D eigenvalue weighted by Gasteiger charge is -2.45. The zero-order valence-corrected chi connectivity index (χ0v) is 20.0. The van der Waals surface area contributed by atoms with E-state index in [4.69, 9.17) is 9.47 Å². The van der Waals surface area contributed by atoms with Crippen LogP contribution >= 0.6 is 0 Å². The second-order valence-corrected chi connectivity index (χ2v) is 12.2. The maximum Gasteiger partial charge on any atom is 0.408 e. The Morgan fingerprint density at radius 1 is 1.27 bits per heavy atom. The summed E-state index contributed by atoms with van der Waals surface area (Å²) in [6, 6.07) is 3.99. The Hall–Kier alpha value is -1.51. The van der Waals surface area contributed by atoms with Crippen LogP contribution in [0.3, 0.4) is 0 Å². The molecule has 1 fully saturated rings. The monoisotopic (exact) mass is 442 g/mol. The van der Waals surface area contributed by atoms with Gasteiger partial charge < -0.3 is 19.3 Å². The summed E-state index contributed by atoms with van der Waals surface area (Å²) in [4.78, 5) is 12.0. The summed E-state index contributed by atoms with van der Waals surface area (Å²) in [5.74, 6) is 0.171. The highest BCUT2D eigenvalue weighted by Crippen LogP contribution is 2.37. The number of halogens is 1. The van der Waals surface area contributed by atoms with E-state index in [1.54, 1.807) is 6.07 Å². The average Bonchev–Trinajstić information content (AvgIpc) is 2.51. The highest BCUT2D eigenvalue weighted by atomic mass is 32.2. The zero-order valence-electron chi connectivity index (χ0n) is 19.2. The van der Waals surface area contributed by atoms with Crippen molar-refractivity contribution in [3.8, 4) is 5.75 Å². The molecule has 170 valence electrons. The van der Waals surface area contributed by atoms with E-state index >= 15 is 0 Å². The Bertz CT molecular complexity index is 754. The van der Waals surface area contributed by atoms with Crippen molar-refractivity contribution in [2.45, 2.75) is 96.3 Å². The van der Waals surface area contributed by atoms with Crippen molar-refractivity contribution in [3.63, 3.8) is 0 Å². The molecule has 0 saturated heterocycles. The van der Waals surface area contributed by atoms with Gasteiger partial charge in [0, 0.05) is 35.3 Å². The SMILES string of the molecule is C[C@H](N[S@+]([O-])C(C)(C)C)c1cc(F)ccc1OC1CC(C)(NC(=O)OC(C)(C)C)C1. The average molecular weight is 443 g/mol. The van der Waals surface area contributed by atoms with Gasteiger partial charge in [-0.2, -0.15) is 0 Å². The van der Waals surface area contributed by atoms with Crippen LogP contribution in [0.15, 0.2) is 18.2 Å². The van der Waals surface area contributed by atoms with E-state index in [1.807, 2.05) is 55.4 Å². The number of nitrogens with one attached hydrogen (secondary N) is 2. The van der Waals surface area contributed by atoms with Gasteiger partial charge in [-0.15, -0.1) is 4.72 Å². The number of alkyl carbamates (subject to hydrolysis) is 1. The van der Waals surface area contributed by atoms with Crippen molar-refractivity contribution >= 4 is 17.5 Å². The van der Waals surface area contributed by atoms with Crippen molar-refractivity contribution in [1.29, 1.82) is 0 Å². The summed E-state index contributed by atoms with van der Waals surface area (Å²) >= 11 is -1.30. The maximum absolute atomic E-state index is 13.9. The minimum absolute atomic E-state index is 0.116. The summed E-state index contributed by atoms with van der Waals surface area (Å²) in [7, 11) is 0. The summed E-state index contributed by atoms with van der Waals surface area (Å²) in [6.07, 6.45) is 0.653. The first kappa shape index (κ1) is 24.8. The highest BCUT2D eigenvalue weighted by Gasteiger charge is 2.44. The van der Waals surface area contributed by atoms with E-state index in [-0.39, 0.29) is 18.0 Å². The lowest BCUT2D eigenvalue weighted by molar-refractivity contribution is 0.00864. The van der Waals surface area contributed by atoms with Crippen molar-refractivity contribution < 1.29 is 23.2 Å². The molecule has 1 aromatic rings. The summed E-state index contributed by atoms with van der Waals surface area (Å²) in [5.41, 5.74) is -0.356. The quantitative estimate of drug-likeness (QED) is 0.621. The molecule has 1 aromatic carbocycles. The summed E-state index contributed by atoms with van der Waals surface area (Å²) in [6.45, 7) is 14.9. The highest BCUT2D eigenvalue weighted by molar-refractivity contribution is 7.90. The first-order valence-electron chi connectivity index (χ1n) is 10.2. The van der Waals surface area contributed by atoms with E-state index in [9.17, 15) is 13.7 Å². The molecule has 1 aliphatic carbocycles. The van der Waals surface area contributed by atoms with Crippen molar-refractivity contribution in [1.82, 2.24) is 10.0 Å². The van der Waals surface area contributed by atoms with Gasteiger partial charge in [0.15, 0.2) is 0 Å². The third-order valence-corrected chi connectivity index (χ3v) is 6.41. The second kappa shape index (κ2) is 8.93. The fraction of sp³-hybridized carbons (Fsp3) is 0.682. The van der Waals surface area contributed by atoms with Crippen LogP contribution < -0.4 is 14.8 Å². The number of ether oxygens (including phenoxy) is 2. The van der Waals surface area contributed by atoms with Gasteiger partial charge in [0.2, 0.25) is 0 Å². The fourth-order valence-electron chi connectivity index (χ4n) is 3.23. The molecule has 2 N–H and O–H groups in total. The molecule has 1 saturated carbocycles. The molecular formula is C22H35FN2O4S. The predicted molar refractivity (Wildman–Crippen MR) is 117 cm³/mol. The lowest BCUT2D eigenvalue weighted by Crippen LogP contribution is -2.59. The first-order chi connectivity index (χ1) is 13.6. The number of carbonyl (C=O) groups excluding carboxylic acids is 1. The number of benzene rings is 1. The second-order valence-electron chi connectivity index (χ2n) is 10.2. The minimum Gasteiger partial charge on any atom is -0.598 e. The molecule has 2 rings (SSSR count). The van der Waals surface area contributed by atoms with Crippen LogP contribution in [-0.4, -0.2) is 32.6 Å². The smallest absolute Gasteiger partial charge is 0.408 e. The van der Waals surface area contributed by atoms with Gasteiger partial charge in [0.1, 0.15) is 28.0 Å². The Morgan fingerprint density at radius 2 is 1.87 bits per heavy atom. The molecule has 0 spiro atoms. The number of hydrogen-bond acceptors (Lipinski definition) is 5. The molecule has 0 aliphatic heterocycles. The Morgan fingerprint density at radius 3 is 2.40 bits per heavy atom. The number of rotatable bonds is 6. The molecule has 2 atom stereocenters. The molecule has 30 heavy (non-hydrogen) atoms. The van der Waals surface area contributed by atoms with Crippen molar-refractivity contribution in [2.24, 2.45) is 0 Å². The predicted octanol–water partition coefficient (Wildman–Crippen LogP) is 4.76. The molecular weight excluding hydrogens is 407 g/mol. The molecule has 8 heteroatoms. The lowest BCUT2D eigenvalue weighted by atomic mass is 9.76. The summed E-state index contributed by atoms with van der Waals surface area (Å²) < 4.78 is 40.3. The Balaban J connectivity index is 2.01. The molecule has 0 aromatic heterocycles. The Kier molecular flexibility index (Phi) is 7.37. The van der Waals surface area contributed by atoms with Gasteiger partial charge >= 0.3 is 6.09 Å². The van der Waals surface area contributed by atoms with Gasteiger partial charge in [-0.1, -0.05) is 0 Å². The van der Waals surface area contributed by atoms with Gasteiger partial charge in [-0.25, -0.2) is 9.18 Å². The van der Waals surface area contributed by atoms with Gasteiger partial charge in [0.25, 0.3) is 0 Å². The normalized spacial score (nSPS) is 23.9. The van der Waals surface area contributed by atoms with Crippen LogP contribution in [0.2, 0.25) is 0 Å². The van der Waals surface area contributed by atoms with Gasteiger partial charge in [-0.05, 0) is 73.6 Å².